The first kappa shape index (κ1) is 16.7. The van der Waals surface area contributed by atoms with Gasteiger partial charge in [0.25, 0.3) is 0 Å². The summed E-state index contributed by atoms with van der Waals surface area (Å²) in [6.07, 6.45) is -2.35. The molecule has 2 rings (SSSR count). The number of halogens is 2. The number of methoxy groups -OCH3 is 1. The predicted octanol–water partition coefficient (Wildman–Crippen LogP) is 2.42. The molecule has 6 heteroatoms. The number of rotatable bonds is 5. The molecule has 0 spiro atoms. The molecule has 0 aromatic heterocycles. The minimum absolute atomic E-state index is 0.234. The minimum Gasteiger partial charge on any atom is -0.497 e. The fourth-order valence-corrected chi connectivity index (χ4v) is 2.91. The Balaban J connectivity index is 1.93. The zero-order valence-corrected chi connectivity index (χ0v) is 13.0. The third-order valence-corrected chi connectivity index (χ3v) is 4.24. The lowest BCUT2D eigenvalue weighted by atomic mass is 9.64. The smallest absolute Gasteiger partial charge is 0.249 e. The zero-order valence-electron chi connectivity index (χ0n) is 13.0. The molecule has 1 aromatic carbocycles. The summed E-state index contributed by atoms with van der Waals surface area (Å²) in [5.41, 5.74) is 0.767. The quantitative estimate of drug-likeness (QED) is 0.878. The second kappa shape index (κ2) is 5.83. The van der Waals surface area contributed by atoms with Crippen LogP contribution in [0.5, 0.6) is 5.75 Å². The molecular weight excluding hydrogens is 292 g/mol. The van der Waals surface area contributed by atoms with E-state index >= 15 is 0 Å². The van der Waals surface area contributed by atoms with Crippen LogP contribution < -0.4 is 10.1 Å². The summed E-state index contributed by atoms with van der Waals surface area (Å²) in [5.74, 6) is -2.67. The zero-order chi connectivity index (χ0) is 16.5. The van der Waals surface area contributed by atoms with Gasteiger partial charge in [-0.15, -0.1) is 0 Å². The van der Waals surface area contributed by atoms with Crippen molar-refractivity contribution in [1.82, 2.24) is 5.32 Å². The van der Waals surface area contributed by atoms with E-state index in [1.807, 2.05) is 19.1 Å². The SMILES string of the molecule is COc1ccc(CNC(=O)C(O)C2(C)CC(F)(F)C2)c(C)c1. The monoisotopic (exact) mass is 313 g/mol. The van der Waals surface area contributed by atoms with Crippen LogP contribution in [0.25, 0.3) is 0 Å². The highest BCUT2D eigenvalue weighted by atomic mass is 19.3. The number of aliphatic hydroxyl groups excluding tert-OH is 1. The lowest BCUT2D eigenvalue weighted by molar-refractivity contribution is -0.194. The molecule has 22 heavy (non-hydrogen) atoms. The number of aryl methyl sites for hydroxylation is 1. The molecule has 0 bridgehead atoms. The van der Waals surface area contributed by atoms with Crippen molar-refractivity contribution in [2.75, 3.05) is 7.11 Å². The Labute approximate surface area is 128 Å². The maximum atomic E-state index is 13.0. The molecule has 0 heterocycles. The molecule has 1 atom stereocenters. The van der Waals surface area contributed by atoms with Gasteiger partial charge < -0.3 is 15.2 Å². The molecule has 0 saturated heterocycles. The third kappa shape index (κ3) is 3.38. The highest BCUT2D eigenvalue weighted by Crippen LogP contribution is 2.53. The van der Waals surface area contributed by atoms with Crippen LogP contribution in [0.3, 0.4) is 0 Å². The topological polar surface area (TPSA) is 58.6 Å². The van der Waals surface area contributed by atoms with E-state index in [-0.39, 0.29) is 6.54 Å². The van der Waals surface area contributed by atoms with Crippen molar-refractivity contribution in [3.63, 3.8) is 0 Å². The van der Waals surface area contributed by atoms with Gasteiger partial charge >= 0.3 is 0 Å². The Kier molecular flexibility index (Phi) is 4.42. The molecule has 2 N–H and O–H groups in total. The van der Waals surface area contributed by atoms with Gasteiger partial charge in [-0.3, -0.25) is 4.79 Å². The van der Waals surface area contributed by atoms with E-state index in [1.54, 1.807) is 13.2 Å². The second-order valence-electron chi connectivity index (χ2n) is 6.28. The molecule has 4 nitrogen and oxygen atoms in total. The van der Waals surface area contributed by atoms with Gasteiger partial charge in [-0.05, 0) is 30.2 Å². The first-order chi connectivity index (χ1) is 10.2. The van der Waals surface area contributed by atoms with E-state index in [4.69, 9.17) is 4.74 Å². The first-order valence-corrected chi connectivity index (χ1v) is 7.14. The maximum absolute atomic E-state index is 13.0. The van der Waals surface area contributed by atoms with E-state index in [1.165, 1.54) is 6.92 Å². The Hall–Kier alpha value is -1.69. The number of nitrogens with one attached hydrogen (secondary N) is 1. The molecule has 1 aromatic rings. The summed E-state index contributed by atoms with van der Waals surface area (Å²) < 4.78 is 31.1. The van der Waals surface area contributed by atoms with E-state index < -0.39 is 36.2 Å². The van der Waals surface area contributed by atoms with Gasteiger partial charge in [-0.25, -0.2) is 8.78 Å². The Morgan fingerprint density at radius 1 is 1.45 bits per heavy atom. The van der Waals surface area contributed by atoms with Gasteiger partial charge in [0.05, 0.1) is 7.11 Å². The van der Waals surface area contributed by atoms with Gasteiger partial charge in [-0.1, -0.05) is 13.0 Å². The van der Waals surface area contributed by atoms with E-state index in [0.29, 0.717) is 0 Å². The summed E-state index contributed by atoms with van der Waals surface area (Å²) in [6, 6.07) is 5.43. The van der Waals surface area contributed by atoms with Gasteiger partial charge in [0.1, 0.15) is 11.9 Å². The standard InChI is InChI=1S/C16H21F2NO3/c1-10-6-12(22-3)5-4-11(10)7-19-14(21)13(20)15(2)8-16(17,18)9-15/h4-6,13,20H,7-9H2,1-3H3,(H,19,21). The number of benzene rings is 1. The third-order valence-electron chi connectivity index (χ3n) is 4.24. The second-order valence-corrected chi connectivity index (χ2v) is 6.28. The summed E-state index contributed by atoms with van der Waals surface area (Å²) in [5, 5.41) is 12.6. The molecule has 1 unspecified atom stereocenters. The molecule has 1 aliphatic carbocycles. The fraction of sp³-hybridized carbons (Fsp3) is 0.562. The molecular formula is C16H21F2NO3. The number of carbonyl (C=O) groups is 1. The largest absolute Gasteiger partial charge is 0.497 e. The van der Waals surface area contributed by atoms with Gasteiger partial charge in [0.2, 0.25) is 11.8 Å². The average Bonchev–Trinajstić information content (AvgIpc) is 2.42. The Morgan fingerprint density at radius 3 is 2.59 bits per heavy atom. The molecule has 0 aliphatic heterocycles. The number of amides is 1. The minimum atomic E-state index is -2.78. The summed E-state index contributed by atoms with van der Waals surface area (Å²) in [4.78, 5) is 12.0. The Bertz CT molecular complexity index is 567. The van der Waals surface area contributed by atoms with Crippen LogP contribution in [0, 0.1) is 12.3 Å². The number of hydrogen-bond acceptors (Lipinski definition) is 3. The molecule has 1 amide bonds. The summed E-state index contributed by atoms with van der Waals surface area (Å²) in [7, 11) is 1.57. The van der Waals surface area contributed by atoms with E-state index in [2.05, 4.69) is 5.32 Å². The van der Waals surface area contributed by atoms with Crippen LogP contribution in [0.4, 0.5) is 8.78 Å². The van der Waals surface area contributed by atoms with Gasteiger partial charge in [0.15, 0.2) is 0 Å². The van der Waals surface area contributed by atoms with Crippen molar-refractivity contribution in [2.24, 2.45) is 5.41 Å². The lowest BCUT2D eigenvalue weighted by Crippen LogP contribution is -2.56. The normalized spacial score (nSPS) is 19.9. The predicted molar refractivity (Wildman–Crippen MR) is 77.9 cm³/mol. The highest BCUT2D eigenvalue weighted by molar-refractivity contribution is 5.81. The first-order valence-electron chi connectivity index (χ1n) is 7.14. The molecule has 122 valence electrons. The van der Waals surface area contributed by atoms with E-state index in [9.17, 15) is 18.7 Å². The Morgan fingerprint density at radius 2 is 2.09 bits per heavy atom. The number of aliphatic hydroxyl groups is 1. The van der Waals surface area contributed by atoms with Crippen LogP contribution in [-0.4, -0.2) is 30.2 Å². The number of ether oxygens (including phenoxy) is 1. The summed E-state index contributed by atoms with van der Waals surface area (Å²) in [6.45, 7) is 3.62. The number of carbonyl (C=O) groups excluding carboxylic acids is 1. The number of hydrogen-bond donors (Lipinski definition) is 2. The van der Waals surface area contributed by atoms with Crippen molar-refractivity contribution in [3.05, 3.63) is 29.3 Å². The van der Waals surface area contributed by atoms with Crippen LogP contribution in [0.15, 0.2) is 18.2 Å². The fourth-order valence-electron chi connectivity index (χ4n) is 2.91. The van der Waals surface area contributed by atoms with Crippen LogP contribution in [0.1, 0.15) is 30.9 Å². The van der Waals surface area contributed by atoms with E-state index in [0.717, 1.165) is 16.9 Å². The van der Waals surface area contributed by atoms with Crippen molar-refractivity contribution in [1.29, 1.82) is 0 Å². The van der Waals surface area contributed by atoms with Crippen LogP contribution >= 0.6 is 0 Å². The van der Waals surface area contributed by atoms with Crippen molar-refractivity contribution in [3.8, 4) is 5.75 Å². The van der Waals surface area contributed by atoms with Gasteiger partial charge in [-0.2, -0.15) is 0 Å². The van der Waals surface area contributed by atoms with Crippen molar-refractivity contribution < 1.29 is 23.4 Å². The highest BCUT2D eigenvalue weighted by Gasteiger charge is 2.58. The maximum Gasteiger partial charge on any atom is 0.249 e. The summed E-state index contributed by atoms with van der Waals surface area (Å²) >= 11 is 0. The number of alkyl halides is 2. The molecule has 1 aliphatic rings. The van der Waals surface area contributed by atoms with Crippen molar-refractivity contribution >= 4 is 5.91 Å². The average molecular weight is 313 g/mol. The lowest BCUT2D eigenvalue weighted by Gasteiger charge is -2.46. The van der Waals surface area contributed by atoms with Gasteiger partial charge in [0, 0.05) is 24.8 Å². The molecule has 1 fully saturated rings. The molecule has 0 radical (unpaired) electrons. The van der Waals surface area contributed by atoms with Crippen LogP contribution in [0.2, 0.25) is 0 Å². The van der Waals surface area contributed by atoms with Crippen molar-refractivity contribution in [2.45, 2.75) is 45.3 Å². The van der Waals surface area contributed by atoms with Crippen LogP contribution in [-0.2, 0) is 11.3 Å². The molecule has 1 saturated carbocycles.